The summed E-state index contributed by atoms with van der Waals surface area (Å²) in [5, 5.41) is 77.4. The van der Waals surface area contributed by atoms with Gasteiger partial charge in [-0.05, 0) is 138 Å². The number of cyclic esters (lactones) is 1. The number of nitrogens with zero attached hydrogens (tertiary/aromatic N) is 8. The summed E-state index contributed by atoms with van der Waals surface area (Å²) in [6, 6.07) is 7.55. The fraction of sp³-hybridized carbons (Fsp3) is 0.804. The Morgan fingerprint density at radius 3 is 2.26 bits per heavy atom. The lowest BCUT2D eigenvalue weighted by molar-refractivity contribution is -0.318. The number of methoxy groups -OCH3 is 1. The first-order valence-electron chi connectivity index (χ1n) is 28.0. The van der Waals surface area contributed by atoms with Crippen molar-refractivity contribution < 1.29 is 58.7 Å². The third-order valence-electron chi connectivity index (χ3n) is 17.2. The number of aliphatic hydroxyl groups excluding tert-OH is 3. The summed E-state index contributed by atoms with van der Waals surface area (Å²) in [5.41, 5.74) is -0.306. The second kappa shape index (κ2) is 25.3. The number of likely N-dealkylation sites (N-methyl/N-ethyl adjacent to an activating group) is 2. The number of carbonyl (C=O) groups excluding carboxylic acids is 1. The van der Waals surface area contributed by atoms with Gasteiger partial charge in [0.2, 0.25) is 0 Å². The van der Waals surface area contributed by atoms with Crippen LogP contribution in [-0.2, 0) is 52.6 Å². The van der Waals surface area contributed by atoms with Gasteiger partial charge in [-0.15, -0.1) is 10.2 Å². The number of rotatable bonds is 17. The van der Waals surface area contributed by atoms with Crippen LogP contribution in [0, 0.1) is 17.8 Å². The zero-order valence-electron chi connectivity index (χ0n) is 47.6. The predicted molar refractivity (Wildman–Crippen MR) is 283 cm³/mol. The van der Waals surface area contributed by atoms with Gasteiger partial charge in [-0.3, -0.25) is 9.48 Å². The van der Waals surface area contributed by atoms with Crippen molar-refractivity contribution in [1.29, 1.82) is 0 Å². The Hall–Kier alpha value is -3.51. The van der Waals surface area contributed by atoms with Crippen LogP contribution in [0.25, 0.3) is 5.69 Å². The summed E-state index contributed by atoms with van der Waals surface area (Å²) in [6.45, 7) is 19.4. The van der Waals surface area contributed by atoms with Crippen LogP contribution in [0.2, 0.25) is 0 Å². The fourth-order valence-electron chi connectivity index (χ4n) is 12.1. The van der Waals surface area contributed by atoms with E-state index in [-0.39, 0.29) is 31.3 Å². The molecule has 1 aromatic carbocycles. The van der Waals surface area contributed by atoms with E-state index < -0.39 is 102 Å². The highest BCUT2D eigenvalue weighted by Gasteiger charge is 2.53. The summed E-state index contributed by atoms with van der Waals surface area (Å²) >= 11 is 0. The van der Waals surface area contributed by atoms with Crippen molar-refractivity contribution in [3.8, 4) is 5.69 Å². The minimum atomic E-state index is -1.83. The van der Waals surface area contributed by atoms with E-state index in [0.717, 1.165) is 42.9 Å². The summed E-state index contributed by atoms with van der Waals surface area (Å²) in [4.78, 5) is 18.5. The van der Waals surface area contributed by atoms with Gasteiger partial charge in [0.05, 0.1) is 64.8 Å². The van der Waals surface area contributed by atoms with Crippen molar-refractivity contribution in [2.24, 2.45) is 17.8 Å². The van der Waals surface area contributed by atoms with Gasteiger partial charge in [0, 0.05) is 69.7 Å². The molecule has 76 heavy (non-hydrogen) atoms. The SMILES string of the molecule is CC[C@H]1OC(=O)[C@H](C)[C@@H](O[C@H]2C[C@@](C)(OC)[C@@H](O)[C@H](C)O2)[C@H](C)[C@@H](O[C@@H]2O[C@H](C)C[C@H](N(C)CCc3cn(CCCCc4ccc(-n5cc(C6CC6)nn5)cc4)nn3)[C@H]2O)[C@](C)(O)C[C@@H](C)CN(C)[C@H](C)[C@@H](O)[C@]1(C)O. The molecule has 0 spiro atoms. The first-order chi connectivity index (χ1) is 35.8. The zero-order valence-corrected chi connectivity index (χ0v) is 47.6. The maximum Gasteiger partial charge on any atom is 0.311 e. The molecule has 7 rings (SSSR count). The van der Waals surface area contributed by atoms with Crippen LogP contribution in [0.5, 0.6) is 0 Å². The Kier molecular flexibility index (Phi) is 20.0. The number of unbranched alkanes of at least 4 members (excludes halogenated alkanes) is 1. The second-order valence-corrected chi connectivity index (χ2v) is 23.9. The molecule has 4 fully saturated rings. The van der Waals surface area contributed by atoms with Gasteiger partial charge < -0.3 is 63.8 Å². The third-order valence-corrected chi connectivity index (χ3v) is 17.2. The average molecular weight is 1070 g/mol. The fourth-order valence-corrected chi connectivity index (χ4v) is 12.1. The number of benzene rings is 1. The largest absolute Gasteiger partial charge is 0.459 e. The van der Waals surface area contributed by atoms with Crippen LogP contribution in [-0.4, -0.2) is 196 Å². The molecule has 4 aliphatic rings. The van der Waals surface area contributed by atoms with Gasteiger partial charge in [0.1, 0.15) is 30.0 Å². The number of carbonyl (C=O) groups is 1. The van der Waals surface area contributed by atoms with Crippen LogP contribution in [0.3, 0.4) is 0 Å². The van der Waals surface area contributed by atoms with E-state index in [1.165, 1.54) is 32.4 Å². The van der Waals surface area contributed by atoms with Gasteiger partial charge in [0.25, 0.3) is 0 Å². The number of aryl methyl sites for hydroxylation is 2. The van der Waals surface area contributed by atoms with Gasteiger partial charge in [-0.1, -0.05) is 43.3 Å². The van der Waals surface area contributed by atoms with E-state index in [2.05, 4.69) is 49.8 Å². The number of hydrogen-bond acceptors (Lipinski definition) is 18. The molecule has 18 atom stereocenters. The van der Waals surface area contributed by atoms with Crippen LogP contribution < -0.4 is 0 Å². The average Bonchev–Trinajstić information content (AvgIpc) is 3.94. The van der Waals surface area contributed by atoms with Crippen LogP contribution >= 0.6 is 0 Å². The Morgan fingerprint density at radius 1 is 0.882 bits per heavy atom. The second-order valence-electron chi connectivity index (χ2n) is 23.9. The van der Waals surface area contributed by atoms with E-state index >= 15 is 0 Å². The lowest BCUT2D eigenvalue weighted by atomic mass is 9.77. The van der Waals surface area contributed by atoms with Crippen molar-refractivity contribution in [2.45, 2.75) is 236 Å². The van der Waals surface area contributed by atoms with E-state index in [9.17, 15) is 30.3 Å². The standard InChI is InChI=1S/C56H92N8O12/c1-14-45-56(10,70)49(66)37(6)62(12)30-33(2)28-54(8,69)51(35(4)48(36(5)52(68)74-45)75-46-29-55(9,71-13)50(67)38(7)73-46)76-53-47(65)44(27-34(3)72-53)61(11)26-24-41-31-63(59-57-41)25-16-15-17-39-18-22-42(23-19-39)64-32-43(58-60-64)40-20-21-40/h18-19,22-23,31-38,40,44-51,53,65-67,69-70H,14-17,20-21,24-30H2,1-13H3/t33-,34-,35+,36-,37-,38+,44+,45-,46+,47-,48+,49-,50+,51-,53+,54-,55-,56-/m1/s1. The Balaban J connectivity index is 1.04. The van der Waals surface area contributed by atoms with Gasteiger partial charge >= 0.3 is 5.97 Å². The van der Waals surface area contributed by atoms with Gasteiger partial charge in [0.15, 0.2) is 12.6 Å². The highest BCUT2D eigenvalue weighted by atomic mass is 16.7. The molecule has 3 aromatic rings. The summed E-state index contributed by atoms with van der Waals surface area (Å²) < 4.78 is 42.2. The molecule has 0 bridgehead atoms. The van der Waals surface area contributed by atoms with E-state index in [1.807, 2.05) is 68.4 Å². The van der Waals surface area contributed by atoms with Gasteiger partial charge in [-0.25, -0.2) is 4.68 Å². The number of aliphatic hydroxyl groups is 5. The normalized spacial score (nSPS) is 38.7. The molecule has 2 aromatic heterocycles. The summed E-state index contributed by atoms with van der Waals surface area (Å²) in [6.07, 6.45) is 1.02. The van der Waals surface area contributed by atoms with E-state index in [1.54, 1.807) is 34.6 Å². The van der Waals surface area contributed by atoms with Crippen LogP contribution in [0.1, 0.15) is 143 Å². The molecule has 5 N–H and O–H groups in total. The predicted octanol–water partition coefficient (Wildman–Crippen LogP) is 4.59. The van der Waals surface area contributed by atoms with Crippen molar-refractivity contribution in [3.63, 3.8) is 0 Å². The molecule has 1 saturated carbocycles. The van der Waals surface area contributed by atoms with Crippen molar-refractivity contribution >= 4 is 5.97 Å². The molecule has 428 valence electrons. The number of hydrogen-bond donors (Lipinski definition) is 5. The van der Waals surface area contributed by atoms with Crippen LogP contribution in [0.4, 0.5) is 0 Å². The van der Waals surface area contributed by atoms with E-state index in [0.29, 0.717) is 31.8 Å². The molecule has 0 radical (unpaired) electrons. The highest BCUT2D eigenvalue weighted by molar-refractivity contribution is 5.73. The third kappa shape index (κ3) is 14.3. The minimum absolute atomic E-state index is 0.109. The first-order valence-corrected chi connectivity index (χ1v) is 28.0. The van der Waals surface area contributed by atoms with Gasteiger partial charge in [-0.2, -0.15) is 0 Å². The van der Waals surface area contributed by atoms with Crippen molar-refractivity contribution in [1.82, 2.24) is 39.8 Å². The Labute approximate surface area is 450 Å². The monoisotopic (exact) mass is 1070 g/mol. The molecular weight excluding hydrogens is 977 g/mol. The quantitative estimate of drug-likeness (QED) is 0.0918. The Bertz CT molecular complexity index is 2300. The molecule has 3 saturated heterocycles. The number of aromatic nitrogens is 6. The molecular formula is C56H92N8O12. The molecule has 20 nitrogen and oxygen atoms in total. The molecule has 1 aliphatic carbocycles. The number of esters is 1. The van der Waals surface area contributed by atoms with Crippen molar-refractivity contribution in [2.75, 3.05) is 34.3 Å². The lowest BCUT2D eigenvalue weighted by Crippen LogP contribution is -2.61. The Morgan fingerprint density at radius 2 is 1.59 bits per heavy atom. The van der Waals surface area contributed by atoms with E-state index in [4.69, 9.17) is 28.4 Å². The van der Waals surface area contributed by atoms with Crippen molar-refractivity contribution in [3.05, 3.63) is 53.6 Å². The smallest absolute Gasteiger partial charge is 0.311 e. The maximum atomic E-state index is 14.5. The summed E-state index contributed by atoms with van der Waals surface area (Å²) in [7, 11) is 5.32. The summed E-state index contributed by atoms with van der Waals surface area (Å²) in [5.74, 6) is -2.17. The number of ether oxygens (including phenoxy) is 6. The topological polar surface area (TPSA) is 242 Å². The first kappa shape index (κ1) is 60.1. The van der Waals surface area contributed by atoms with Crippen LogP contribution in [0.15, 0.2) is 36.7 Å². The lowest BCUT2D eigenvalue weighted by Gasteiger charge is -2.49. The molecule has 20 heteroatoms. The molecule has 0 amide bonds. The minimum Gasteiger partial charge on any atom is -0.459 e. The molecule has 3 aliphatic heterocycles. The molecule has 5 heterocycles. The highest BCUT2D eigenvalue weighted by Crippen LogP contribution is 2.41. The maximum absolute atomic E-state index is 14.5. The molecule has 0 unspecified atom stereocenters. The zero-order chi connectivity index (χ0) is 55.4.